The number of nitrogens with one attached hydrogen (secondary N) is 1. The average molecular weight is 703 g/mol. The monoisotopic (exact) mass is 702 g/mol. The largest absolute Gasteiger partial charge is 0.435 e. The Bertz CT molecular complexity index is 1550. The Labute approximate surface area is 250 Å². The van der Waals surface area contributed by atoms with E-state index in [1.807, 2.05) is 0 Å². The molecular formula is C28H18BrF11N2O2. The number of hydrogen-bond donors (Lipinski definition) is 1. The number of nitrogens with zero attached hydrogens (tertiary/aromatic N) is 1. The van der Waals surface area contributed by atoms with Crippen LogP contribution in [0, 0.1) is 11.7 Å². The van der Waals surface area contributed by atoms with E-state index >= 15 is 4.39 Å². The van der Waals surface area contributed by atoms with Crippen molar-refractivity contribution in [2.45, 2.75) is 37.0 Å². The van der Waals surface area contributed by atoms with Gasteiger partial charge in [0, 0.05) is 22.1 Å². The van der Waals surface area contributed by atoms with E-state index in [0.29, 0.717) is 0 Å². The van der Waals surface area contributed by atoms with E-state index in [-0.39, 0.29) is 24.1 Å². The Kier molecular flexibility index (Phi) is 8.81. The normalized spacial score (nSPS) is 14.4. The van der Waals surface area contributed by atoms with Crippen LogP contribution < -0.4 is 10.2 Å². The molecule has 1 aliphatic rings. The molecule has 44 heavy (non-hydrogen) atoms. The lowest BCUT2D eigenvalue weighted by Crippen LogP contribution is -2.50. The number of anilines is 2. The van der Waals surface area contributed by atoms with E-state index < -0.39 is 80.4 Å². The highest BCUT2D eigenvalue weighted by atomic mass is 79.9. The minimum Gasteiger partial charge on any atom is -0.320 e. The molecular weight excluding hydrogens is 685 g/mol. The first-order valence-electron chi connectivity index (χ1n) is 12.5. The van der Waals surface area contributed by atoms with Crippen molar-refractivity contribution in [1.29, 1.82) is 0 Å². The Morgan fingerprint density at radius 3 is 1.95 bits per heavy atom. The third kappa shape index (κ3) is 6.40. The molecule has 2 amide bonds. The van der Waals surface area contributed by atoms with Crippen molar-refractivity contribution in [2.75, 3.05) is 16.8 Å². The number of alkyl halides is 10. The Morgan fingerprint density at radius 2 is 1.43 bits per heavy atom. The van der Waals surface area contributed by atoms with Crippen LogP contribution in [0.15, 0.2) is 65.1 Å². The molecule has 0 aliphatic heterocycles. The molecule has 0 atom stereocenters. The lowest BCUT2D eigenvalue weighted by atomic mass is 9.92. The van der Waals surface area contributed by atoms with Crippen LogP contribution in [0.1, 0.15) is 44.7 Å². The van der Waals surface area contributed by atoms with Gasteiger partial charge in [-0.25, -0.2) is 8.78 Å². The molecule has 0 radical (unpaired) electrons. The van der Waals surface area contributed by atoms with Crippen LogP contribution >= 0.6 is 15.9 Å². The zero-order valence-corrected chi connectivity index (χ0v) is 23.4. The second-order valence-electron chi connectivity index (χ2n) is 9.85. The quantitative estimate of drug-likeness (QED) is 0.250. The Hall–Kier alpha value is -3.69. The molecule has 0 aromatic heterocycles. The van der Waals surface area contributed by atoms with Gasteiger partial charge >= 0.3 is 24.2 Å². The van der Waals surface area contributed by atoms with E-state index in [9.17, 15) is 53.5 Å². The molecule has 1 saturated carbocycles. The highest BCUT2D eigenvalue weighted by Gasteiger charge is 2.73. The molecule has 3 aromatic carbocycles. The summed E-state index contributed by atoms with van der Waals surface area (Å²) in [5, 5.41) is 1.64. The Balaban J connectivity index is 1.77. The summed E-state index contributed by atoms with van der Waals surface area (Å²) in [5.41, 5.74) is -13.5. The fourth-order valence-corrected chi connectivity index (χ4v) is 4.87. The summed E-state index contributed by atoms with van der Waals surface area (Å²) in [6.45, 7) is 0.0460. The van der Waals surface area contributed by atoms with Crippen molar-refractivity contribution in [3.63, 3.8) is 0 Å². The lowest BCUT2D eigenvalue weighted by Gasteiger charge is -2.31. The van der Waals surface area contributed by atoms with Crippen LogP contribution in [0.4, 0.5) is 59.7 Å². The van der Waals surface area contributed by atoms with Crippen LogP contribution in [-0.2, 0) is 11.8 Å². The molecule has 1 aliphatic carbocycles. The number of carbonyl (C=O) groups excluding carboxylic acids is 2. The maximum absolute atomic E-state index is 15.8. The van der Waals surface area contributed by atoms with Crippen LogP contribution in [0.3, 0.4) is 0 Å². The smallest absolute Gasteiger partial charge is 0.320 e. The zero-order chi connectivity index (χ0) is 32.8. The number of halogens is 12. The van der Waals surface area contributed by atoms with Gasteiger partial charge in [0.05, 0.1) is 22.5 Å². The molecule has 1 fully saturated rings. The van der Waals surface area contributed by atoms with Crippen molar-refractivity contribution in [3.05, 3.63) is 93.2 Å². The molecule has 236 valence electrons. The third-order valence-electron chi connectivity index (χ3n) is 6.73. The second-order valence-corrected chi connectivity index (χ2v) is 10.7. The molecule has 0 heterocycles. The summed E-state index contributed by atoms with van der Waals surface area (Å²) in [6.07, 6.45) is -17.7. The minimum absolute atomic E-state index is 0.0133. The summed E-state index contributed by atoms with van der Waals surface area (Å²) in [6, 6.07) is 9.83. The van der Waals surface area contributed by atoms with Crippen molar-refractivity contribution >= 4 is 39.1 Å². The maximum Gasteiger partial charge on any atom is 0.435 e. The molecule has 0 saturated heterocycles. The standard InChI is InChI=1S/C28H18BrF11N2O2/c29-19-12-16(25(31,27(35,36)37)28(38,39)40)11-18(26(32,33)34)22(19)41-23(43)17-7-4-8-20(21(17)30)42(13-14-9-10-14)24(44)15-5-2-1-3-6-15/h1-8,11-12,14H,9-10,13H2,(H,41,43). The first kappa shape index (κ1) is 33.2. The number of hydrogen-bond acceptors (Lipinski definition) is 2. The second kappa shape index (κ2) is 11.7. The van der Waals surface area contributed by atoms with Gasteiger partial charge in [0.1, 0.15) is 0 Å². The summed E-state index contributed by atoms with van der Waals surface area (Å²) in [4.78, 5) is 27.3. The van der Waals surface area contributed by atoms with Gasteiger partial charge in [0.15, 0.2) is 5.82 Å². The van der Waals surface area contributed by atoms with Crippen molar-refractivity contribution in [2.24, 2.45) is 5.92 Å². The SMILES string of the molecule is O=C(Nc1c(Br)cc(C(F)(C(F)(F)F)C(F)(F)F)cc1C(F)(F)F)c1cccc(N(CC2CC2)C(=O)c2ccccc2)c1F. The van der Waals surface area contributed by atoms with Gasteiger partial charge in [-0.3, -0.25) is 9.59 Å². The number of benzene rings is 3. The minimum atomic E-state index is -6.72. The van der Waals surface area contributed by atoms with Gasteiger partial charge in [-0.2, -0.15) is 39.5 Å². The van der Waals surface area contributed by atoms with Crippen molar-refractivity contribution in [1.82, 2.24) is 0 Å². The van der Waals surface area contributed by atoms with Crippen LogP contribution in [-0.4, -0.2) is 30.7 Å². The predicted octanol–water partition coefficient (Wildman–Crippen LogP) is 9.21. The van der Waals surface area contributed by atoms with Crippen LogP contribution in [0.5, 0.6) is 0 Å². The van der Waals surface area contributed by atoms with E-state index in [1.54, 1.807) is 23.5 Å². The summed E-state index contributed by atoms with van der Waals surface area (Å²) in [5.74, 6) is -3.57. The van der Waals surface area contributed by atoms with Gasteiger partial charge in [-0.1, -0.05) is 24.3 Å². The molecule has 4 nitrogen and oxygen atoms in total. The number of amides is 2. The van der Waals surface area contributed by atoms with Gasteiger partial charge < -0.3 is 10.2 Å². The predicted molar refractivity (Wildman–Crippen MR) is 139 cm³/mol. The third-order valence-corrected chi connectivity index (χ3v) is 7.36. The van der Waals surface area contributed by atoms with Gasteiger partial charge in [0.2, 0.25) is 0 Å². The summed E-state index contributed by atoms with van der Waals surface area (Å²) in [7, 11) is 0. The Morgan fingerprint density at radius 1 is 0.841 bits per heavy atom. The summed E-state index contributed by atoms with van der Waals surface area (Å²) >= 11 is 2.39. The summed E-state index contributed by atoms with van der Waals surface area (Å²) < 4.78 is 150. The maximum atomic E-state index is 15.8. The van der Waals surface area contributed by atoms with E-state index in [4.69, 9.17) is 0 Å². The number of rotatable bonds is 7. The number of carbonyl (C=O) groups is 2. The molecule has 0 bridgehead atoms. The van der Waals surface area contributed by atoms with E-state index in [0.717, 1.165) is 35.9 Å². The molecule has 3 aromatic rings. The van der Waals surface area contributed by atoms with Gasteiger partial charge in [-0.15, -0.1) is 0 Å². The van der Waals surface area contributed by atoms with E-state index in [1.165, 1.54) is 12.1 Å². The fourth-order valence-electron chi connectivity index (χ4n) is 4.31. The zero-order valence-electron chi connectivity index (χ0n) is 21.8. The topological polar surface area (TPSA) is 49.4 Å². The van der Waals surface area contributed by atoms with Gasteiger partial charge in [-0.05, 0) is 71.1 Å². The molecule has 4 rings (SSSR count). The molecule has 0 unspecified atom stereocenters. The first-order chi connectivity index (χ1) is 20.3. The average Bonchev–Trinajstić information content (AvgIpc) is 3.75. The molecule has 0 spiro atoms. The lowest BCUT2D eigenvalue weighted by molar-refractivity contribution is -0.348. The molecule has 16 heteroatoms. The van der Waals surface area contributed by atoms with Crippen molar-refractivity contribution in [3.8, 4) is 0 Å². The fraction of sp³-hybridized carbons (Fsp3) is 0.286. The molecule has 1 N–H and O–H groups in total. The van der Waals surface area contributed by atoms with Crippen LogP contribution in [0.25, 0.3) is 0 Å². The van der Waals surface area contributed by atoms with Crippen molar-refractivity contribution < 1.29 is 57.9 Å². The van der Waals surface area contributed by atoms with Crippen LogP contribution in [0.2, 0.25) is 0 Å². The first-order valence-corrected chi connectivity index (χ1v) is 13.3. The van der Waals surface area contributed by atoms with Gasteiger partial charge in [0.25, 0.3) is 11.8 Å². The highest BCUT2D eigenvalue weighted by Crippen LogP contribution is 2.55. The highest BCUT2D eigenvalue weighted by molar-refractivity contribution is 9.10. The van der Waals surface area contributed by atoms with E-state index in [2.05, 4.69) is 15.9 Å².